The number of pyridine rings is 1. The maximum atomic E-state index is 12.5. The van der Waals surface area contributed by atoms with Crippen molar-refractivity contribution in [3.8, 4) is 0 Å². The molecule has 0 unspecified atom stereocenters. The fourth-order valence-electron chi connectivity index (χ4n) is 3.03. The molecule has 1 aromatic rings. The van der Waals surface area contributed by atoms with Crippen molar-refractivity contribution in [1.82, 2.24) is 9.88 Å². The van der Waals surface area contributed by atoms with E-state index in [1.807, 2.05) is 11.9 Å². The highest BCUT2D eigenvalue weighted by molar-refractivity contribution is 5.94. The molecule has 2 N–H and O–H groups in total. The van der Waals surface area contributed by atoms with Crippen molar-refractivity contribution in [3.05, 3.63) is 29.6 Å². The van der Waals surface area contributed by atoms with Crippen LogP contribution in [0.4, 0.5) is 0 Å². The highest BCUT2D eigenvalue weighted by atomic mass is 16.2. The van der Waals surface area contributed by atoms with Crippen LogP contribution in [-0.2, 0) is 6.54 Å². The molecule has 110 valence electrons. The summed E-state index contributed by atoms with van der Waals surface area (Å²) < 4.78 is 0. The number of hydrogen-bond acceptors (Lipinski definition) is 3. The van der Waals surface area contributed by atoms with Crippen LogP contribution in [-0.4, -0.2) is 28.9 Å². The predicted octanol–water partition coefficient (Wildman–Crippen LogP) is 2.58. The molecule has 0 aromatic carbocycles. The third-order valence-electron chi connectivity index (χ3n) is 4.53. The minimum atomic E-state index is 0.0852. The summed E-state index contributed by atoms with van der Waals surface area (Å²) in [4.78, 5) is 18.6. The lowest BCUT2D eigenvalue weighted by molar-refractivity contribution is 0.0674. The molecule has 1 heterocycles. The average Bonchev–Trinajstić information content (AvgIpc) is 2.53. The summed E-state index contributed by atoms with van der Waals surface area (Å²) in [5.74, 6) is 0.932. The van der Waals surface area contributed by atoms with E-state index in [0.717, 1.165) is 24.5 Å². The fourth-order valence-corrected chi connectivity index (χ4v) is 3.03. The number of rotatable bonds is 4. The van der Waals surface area contributed by atoms with Crippen molar-refractivity contribution in [1.29, 1.82) is 0 Å². The van der Waals surface area contributed by atoms with Crippen LogP contribution in [0, 0.1) is 5.92 Å². The van der Waals surface area contributed by atoms with Gasteiger partial charge in [0.2, 0.25) is 0 Å². The number of carbonyl (C=O) groups is 1. The lowest BCUT2D eigenvalue weighted by atomic mass is 9.84. The van der Waals surface area contributed by atoms with E-state index in [9.17, 15) is 4.79 Å². The van der Waals surface area contributed by atoms with Crippen molar-refractivity contribution in [3.63, 3.8) is 0 Å². The highest BCUT2D eigenvalue weighted by Gasteiger charge is 2.26. The second-order valence-corrected chi connectivity index (χ2v) is 5.74. The number of nitrogens with two attached hydrogens (primary N) is 1. The van der Waals surface area contributed by atoms with Gasteiger partial charge < -0.3 is 10.6 Å². The van der Waals surface area contributed by atoms with Crippen molar-refractivity contribution < 1.29 is 4.79 Å². The minimum absolute atomic E-state index is 0.0852. The van der Waals surface area contributed by atoms with Gasteiger partial charge in [0.05, 0.1) is 5.69 Å². The third-order valence-corrected chi connectivity index (χ3v) is 4.53. The van der Waals surface area contributed by atoms with Crippen LogP contribution in [0.2, 0.25) is 0 Å². The predicted molar refractivity (Wildman–Crippen MR) is 80.3 cm³/mol. The maximum Gasteiger partial charge on any atom is 0.253 e. The number of carbonyl (C=O) groups excluding carboxylic acids is 1. The van der Waals surface area contributed by atoms with Crippen LogP contribution in [0.15, 0.2) is 18.3 Å². The molecule has 0 radical (unpaired) electrons. The van der Waals surface area contributed by atoms with Crippen molar-refractivity contribution in [2.45, 2.75) is 51.6 Å². The van der Waals surface area contributed by atoms with Crippen molar-refractivity contribution in [2.24, 2.45) is 11.7 Å². The fraction of sp³-hybridized carbons (Fsp3) is 0.625. The van der Waals surface area contributed by atoms with Gasteiger partial charge >= 0.3 is 0 Å². The van der Waals surface area contributed by atoms with E-state index in [4.69, 9.17) is 5.73 Å². The van der Waals surface area contributed by atoms with Crippen LogP contribution in [0.3, 0.4) is 0 Å². The normalized spacial score (nSPS) is 22.6. The number of nitrogens with zero attached hydrogens (tertiary/aromatic N) is 2. The second-order valence-electron chi connectivity index (χ2n) is 5.74. The molecule has 0 spiro atoms. The molecule has 0 bridgehead atoms. The lowest BCUT2D eigenvalue weighted by Gasteiger charge is -2.34. The lowest BCUT2D eigenvalue weighted by Crippen LogP contribution is -2.39. The Morgan fingerprint density at radius 3 is 2.70 bits per heavy atom. The van der Waals surface area contributed by atoms with Gasteiger partial charge in [-0.3, -0.25) is 9.78 Å². The summed E-state index contributed by atoms with van der Waals surface area (Å²) in [5, 5.41) is 0. The van der Waals surface area contributed by atoms with Gasteiger partial charge in [-0.15, -0.1) is 0 Å². The van der Waals surface area contributed by atoms with E-state index in [1.54, 1.807) is 18.3 Å². The Kier molecular flexibility index (Phi) is 5.12. The number of hydrogen-bond donors (Lipinski definition) is 1. The molecule has 0 aliphatic heterocycles. The van der Waals surface area contributed by atoms with Gasteiger partial charge in [-0.05, 0) is 43.7 Å². The first-order valence-electron chi connectivity index (χ1n) is 7.57. The molecule has 4 nitrogen and oxygen atoms in total. The Bertz CT molecular complexity index is 453. The summed E-state index contributed by atoms with van der Waals surface area (Å²) in [6.07, 6.45) is 7.64. The zero-order chi connectivity index (χ0) is 14.5. The summed E-state index contributed by atoms with van der Waals surface area (Å²) in [6, 6.07) is 3.95. The topological polar surface area (TPSA) is 59.2 Å². The highest BCUT2D eigenvalue weighted by Crippen LogP contribution is 2.29. The van der Waals surface area contributed by atoms with Gasteiger partial charge in [-0.1, -0.05) is 13.3 Å². The first-order chi connectivity index (χ1) is 9.65. The van der Waals surface area contributed by atoms with Crippen LogP contribution >= 0.6 is 0 Å². The minimum Gasteiger partial charge on any atom is -0.339 e. The largest absolute Gasteiger partial charge is 0.339 e. The van der Waals surface area contributed by atoms with Crippen LogP contribution in [0.25, 0.3) is 0 Å². The van der Waals surface area contributed by atoms with Crippen LogP contribution in [0.5, 0.6) is 0 Å². The molecule has 1 aromatic heterocycles. The summed E-state index contributed by atoms with van der Waals surface area (Å²) in [5.41, 5.74) is 7.04. The van der Waals surface area contributed by atoms with E-state index in [0.29, 0.717) is 18.2 Å². The Hall–Kier alpha value is -1.42. The Labute approximate surface area is 121 Å². The molecular formula is C16H25N3O. The molecule has 2 rings (SSSR count). The van der Waals surface area contributed by atoms with Crippen molar-refractivity contribution in [2.75, 3.05) is 7.05 Å². The summed E-state index contributed by atoms with van der Waals surface area (Å²) in [7, 11) is 1.92. The van der Waals surface area contributed by atoms with Gasteiger partial charge in [-0.25, -0.2) is 0 Å². The van der Waals surface area contributed by atoms with Gasteiger partial charge in [0.15, 0.2) is 0 Å². The van der Waals surface area contributed by atoms with E-state index >= 15 is 0 Å². The van der Waals surface area contributed by atoms with Crippen LogP contribution in [0.1, 0.15) is 55.1 Å². The van der Waals surface area contributed by atoms with Gasteiger partial charge in [0, 0.05) is 31.4 Å². The van der Waals surface area contributed by atoms with Gasteiger partial charge in [-0.2, -0.15) is 0 Å². The zero-order valence-electron chi connectivity index (χ0n) is 12.5. The third kappa shape index (κ3) is 3.37. The summed E-state index contributed by atoms with van der Waals surface area (Å²) >= 11 is 0. The maximum absolute atomic E-state index is 12.5. The zero-order valence-corrected chi connectivity index (χ0v) is 12.5. The first kappa shape index (κ1) is 15.0. The monoisotopic (exact) mass is 275 g/mol. The second kappa shape index (κ2) is 6.84. The molecular weight excluding hydrogens is 250 g/mol. The molecule has 1 saturated carbocycles. The van der Waals surface area contributed by atoms with E-state index in [-0.39, 0.29) is 5.91 Å². The van der Waals surface area contributed by atoms with E-state index in [2.05, 4.69) is 11.9 Å². The molecule has 1 aliphatic rings. The first-order valence-corrected chi connectivity index (χ1v) is 7.57. The van der Waals surface area contributed by atoms with Gasteiger partial charge in [0.25, 0.3) is 5.91 Å². The Balaban J connectivity index is 2.01. The quantitative estimate of drug-likeness (QED) is 0.918. The SMILES string of the molecule is CCC1CCC(N(C)C(=O)c2ccnc(CN)c2)CC1. The van der Waals surface area contributed by atoms with Crippen LogP contribution < -0.4 is 5.73 Å². The Morgan fingerprint density at radius 1 is 1.40 bits per heavy atom. The molecule has 0 saturated heterocycles. The molecule has 20 heavy (non-hydrogen) atoms. The van der Waals surface area contributed by atoms with E-state index < -0.39 is 0 Å². The molecule has 1 amide bonds. The van der Waals surface area contributed by atoms with E-state index in [1.165, 1.54) is 19.3 Å². The Morgan fingerprint density at radius 2 is 2.10 bits per heavy atom. The standard InChI is InChI=1S/C16H25N3O/c1-3-12-4-6-15(7-5-12)19(2)16(20)13-8-9-18-14(10-13)11-17/h8-10,12,15H,3-7,11,17H2,1-2H3. The number of aromatic nitrogens is 1. The molecule has 1 aliphatic carbocycles. The average molecular weight is 275 g/mol. The molecule has 1 fully saturated rings. The van der Waals surface area contributed by atoms with Gasteiger partial charge in [0.1, 0.15) is 0 Å². The smallest absolute Gasteiger partial charge is 0.253 e. The molecule has 4 heteroatoms. The van der Waals surface area contributed by atoms with Crippen molar-refractivity contribution >= 4 is 5.91 Å². The molecule has 0 atom stereocenters. The summed E-state index contributed by atoms with van der Waals surface area (Å²) in [6.45, 7) is 2.62. The number of amides is 1.